The van der Waals surface area contributed by atoms with Crippen LogP contribution in [0.25, 0.3) is 11.1 Å². The van der Waals surface area contributed by atoms with Crippen molar-refractivity contribution >= 4 is 6.29 Å². The van der Waals surface area contributed by atoms with Crippen molar-refractivity contribution in [2.45, 2.75) is 19.8 Å². The van der Waals surface area contributed by atoms with Crippen molar-refractivity contribution < 1.29 is 9.18 Å². The van der Waals surface area contributed by atoms with Gasteiger partial charge in [-0.3, -0.25) is 4.79 Å². The van der Waals surface area contributed by atoms with Crippen LogP contribution in [0.2, 0.25) is 0 Å². The SMILES string of the molecule is CC(C)c1ccc(-c2ccc(F)c(C=O)c2)cc1. The smallest absolute Gasteiger partial charge is 0.153 e. The zero-order valence-electron chi connectivity index (χ0n) is 10.5. The van der Waals surface area contributed by atoms with Gasteiger partial charge in [-0.25, -0.2) is 4.39 Å². The van der Waals surface area contributed by atoms with Crippen LogP contribution in [0.15, 0.2) is 42.5 Å². The van der Waals surface area contributed by atoms with Gasteiger partial charge in [0.15, 0.2) is 6.29 Å². The molecule has 92 valence electrons. The normalized spacial score (nSPS) is 10.7. The van der Waals surface area contributed by atoms with E-state index in [2.05, 4.69) is 26.0 Å². The molecule has 0 bridgehead atoms. The van der Waals surface area contributed by atoms with Gasteiger partial charge in [-0.05, 0) is 34.7 Å². The average Bonchev–Trinajstić information content (AvgIpc) is 2.39. The fourth-order valence-corrected chi connectivity index (χ4v) is 1.87. The Balaban J connectivity index is 2.39. The lowest BCUT2D eigenvalue weighted by Gasteiger charge is -2.07. The number of benzene rings is 2. The summed E-state index contributed by atoms with van der Waals surface area (Å²) in [6.07, 6.45) is 0.543. The molecule has 0 spiro atoms. The van der Waals surface area contributed by atoms with Gasteiger partial charge in [-0.2, -0.15) is 0 Å². The van der Waals surface area contributed by atoms with Crippen molar-refractivity contribution in [3.63, 3.8) is 0 Å². The molecule has 0 atom stereocenters. The number of carbonyl (C=O) groups is 1. The maximum absolute atomic E-state index is 13.2. The zero-order chi connectivity index (χ0) is 13.1. The minimum absolute atomic E-state index is 0.0976. The summed E-state index contributed by atoms with van der Waals surface area (Å²) in [6, 6.07) is 12.7. The number of aldehydes is 1. The lowest BCUT2D eigenvalue weighted by Crippen LogP contribution is -1.90. The molecule has 0 radical (unpaired) electrons. The van der Waals surface area contributed by atoms with Crippen LogP contribution in [0.1, 0.15) is 35.7 Å². The third kappa shape index (κ3) is 2.48. The first-order chi connectivity index (χ1) is 8.61. The van der Waals surface area contributed by atoms with Gasteiger partial charge < -0.3 is 0 Å². The lowest BCUT2D eigenvalue weighted by molar-refractivity contribution is 0.112. The molecular formula is C16H15FO. The van der Waals surface area contributed by atoms with Gasteiger partial charge in [0.25, 0.3) is 0 Å². The van der Waals surface area contributed by atoms with Crippen molar-refractivity contribution in [2.24, 2.45) is 0 Å². The van der Waals surface area contributed by atoms with Gasteiger partial charge in [-0.1, -0.05) is 44.2 Å². The maximum atomic E-state index is 13.2. The molecule has 0 saturated carbocycles. The molecule has 0 aliphatic rings. The highest BCUT2D eigenvalue weighted by Gasteiger charge is 2.05. The van der Waals surface area contributed by atoms with Crippen molar-refractivity contribution in [1.82, 2.24) is 0 Å². The zero-order valence-corrected chi connectivity index (χ0v) is 10.5. The number of hydrogen-bond acceptors (Lipinski definition) is 1. The molecule has 2 heteroatoms. The molecule has 0 aromatic heterocycles. The van der Waals surface area contributed by atoms with Gasteiger partial charge in [-0.15, -0.1) is 0 Å². The molecule has 0 aliphatic heterocycles. The third-order valence-electron chi connectivity index (χ3n) is 3.03. The fraction of sp³-hybridized carbons (Fsp3) is 0.188. The molecule has 0 saturated heterocycles. The van der Waals surface area contributed by atoms with Crippen LogP contribution in [0.4, 0.5) is 4.39 Å². The summed E-state index contributed by atoms with van der Waals surface area (Å²) in [4.78, 5) is 10.7. The Morgan fingerprint density at radius 3 is 2.17 bits per heavy atom. The summed E-state index contributed by atoms with van der Waals surface area (Å²) < 4.78 is 13.2. The summed E-state index contributed by atoms with van der Waals surface area (Å²) in [5, 5.41) is 0. The van der Waals surface area contributed by atoms with Crippen LogP contribution < -0.4 is 0 Å². The monoisotopic (exact) mass is 242 g/mol. The molecule has 0 heterocycles. The van der Waals surface area contributed by atoms with E-state index in [4.69, 9.17) is 0 Å². The second-order valence-electron chi connectivity index (χ2n) is 4.63. The summed E-state index contributed by atoms with van der Waals surface area (Å²) in [7, 11) is 0. The van der Waals surface area contributed by atoms with E-state index in [0.717, 1.165) is 11.1 Å². The van der Waals surface area contributed by atoms with Crippen molar-refractivity contribution in [3.8, 4) is 11.1 Å². The number of rotatable bonds is 3. The van der Waals surface area contributed by atoms with Gasteiger partial charge in [0.05, 0.1) is 5.56 Å². The van der Waals surface area contributed by atoms with Crippen LogP contribution in [0.3, 0.4) is 0 Å². The molecule has 1 nitrogen and oxygen atoms in total. The van der Waals surface area contributed by atoms with E-state index in [0.29, 0.717) is 12.2 Å². The Bertz CT molecular complexity index is 556. The van der Waals surface area contributed by atoms with Gasteiger partial charge in [0.1, 0.15) is 5.82 Å². The molecule has 2 rings (SSSR count). The van der Waals surface area contributed by atoms with Crippen LogP contribution in [0, 0.1) is 5.82 Å². The van der Waals surface area contributed by atoms with E-state index < -0.39 is 5.82 Å². The first-order valence-corrected chi connectivity index (χ1v) is 5.97. The Labute approximate surface area is 106 Å². The largest absolute Gasteiger partial charge is 0.298 e. The Morgan fingerprint density at radius 2 is 1.61 bits per heavy atom. The average molecular weight is 242 g/mol. The quantitative estimate of drug-likeness (QED) is 0.728. The third-order valence-corrected chi connectivity index (χ3v) is 3.03. The van der Waals surface area contributed by atoms with Crippen molar-refractivity contribution in [3.05, 3.63) is 59.4 Å². The van der Waals surface area contributed by atoms with E-state index >= 15 is 0 Å². The first kappa shape index (κ1) is 12.5. The van der Waals surface area contributed by atoms with Crippen molar-refractivity contribution in [1.29, 1.82) is 0 Å². The Morgan fingerprint density at radius 1 is 1.00 bits per heavy atom. The van der Waals surface area contributed by atoms with E-state index in [9.17, 15) is 9.18 Å². The Hall–Kier alpha value is -1.96. The van der Waals surface area contributed by atoms with Crippen molar-refractivity contribution in [2.75, 3.05) is 0 Å². The predicted octanol–water partition coefficient (Wildman–Crippen LogP) is 4.43. The summed E-state index contributed by atoms with van der Waals surface area (Å²) in [5.41, 5.74) is 3.20. The van der Waals surface area contributed by atoms with Crippen LogP contribution in [-0.4, -0.2) is 6.29 Å². The second-order valence-corrected chi connectivity index (χ2v) is 4.63. The number of halogens is 1. The second kappa shape index (κ2) is 5.13. The number of hydrogen-bond donors (Lipinski definition) is 0. The molecule has 0 unspecified atom stereocenters. The van der Waals surface area contributed by atoms with E-state index in [1.54, 1.807) is 12.1 Å². The highest BCUT2D eigenvalue weighted by molar-refractivity contribution is 5.79. The highest BCUT2D eigenvalue weighted by Crippen LogP contribution is 2.24. The van der Waals surface area contributed by atoms with E-state index in [1.807, 2.05) is 12.1 Å². The lowest BCUT2D eigenvalue weighted by atomic mass is 9.98. The minimum Gasteiger partial charge on any atom is -0.298 e. The van der Waals surface area contributed by atoms with Crippen LogP contribution >= 0.6 is 0 Å². The number of carbonyl (C=O) groups excluding carboxylic acids is 1. The standard InChI is InChI=1S/C16H15FO/c1-11(2)12-3-5-13(6-4-12)14-7-8-16(17)15(9-14)10-18/h3-11H,1-2H3. The molecule has 0 N–H and O–H groups in total. The summed E-state index contributed by atoms with van der Waals surface area (Å²) in [6.45, 7) is 4.27. The first-order valence-electron chi connectivity index (χ1n) is 5.97. The summed E-state index contributed by atoms with van der Waals surface area (Å²) >= 11 is 0. The molecule has 0 amide bonds. The topological polar surface area (TPSA) is 17.1 Å². The van der Waals surface area contributed by atoms with Gasteiger partial charge >= 0.3 is 0 Å². The van der Waals surface area contributed by atoms with E-state index in [-0.39, 0.29) is 5.56 Å². The summed E-state index contributed by atoms with van der Waals surface area (Å²) in [5.74, 6) is 0.00496. The molecule has 0 fully saturated rings. The van der Waals surface area contributed by atoms with Crippen LogP contribution in [0.5, 0.6) is 0 Å². The molecular weight excluding hydrogens is 227 g/mol. The fourth-order valence-electron chi connectivity index (χ4n) is 1.87. The van der Waals surface area contributed by atoms with Crippen LogP contribution in [-0.2, 0) is 0 Å². The predicted molar refractivity (Wildman–Crippen MR) is 71.3 cm³/mol. The maximum Gasteiger partial charge on any atom is 0.153 e. The molecule has 18 heavy (non-hydrogen) atoms. The minimum atomic E-state index is -0.479. The van der Waals surface area contributed by atoms with Gasteiger partial charge in [0.2, 0.25) is 0 Å². The highest BCUT2D eigenvalue weighted by atomic mass is 19.1. The Kier molecular flexibility index (Phi) is 3.56. The molecule has 0 aliphatic carbocycles. The molecule has 2 aromatic rings. The van der Waals surface area contributed by atoms with E-state index in [1.165, 1.54) is 11.6 Å². The van der Waals surface area contributed by atoms with Gasteiger partial charge in [0, 0.05) is 0 Å². The molecule has 2 aromatic carbocycles.